The van der Waals surface area contributed by atoms with Crippen molar-refractivity contribution >= 4 is 10.8 Å². The quantitative estimate of drug-likeness (QED) is 0.766. The maximum atomic E-state index is 11.3. The van der Waals surface area contributed by atoms with E-state index in [1.807, 2.05) is 0 Å². The van der Waals surface area contributed by atoms with E-state index in [0.717, 1.165) is 37.2 Å². The Hall–Kier alpha value is -0.400. The second-order valence-corrected chi connectivity index (χ2v) is 6.97. The van der Waals surface area contributed by atoms with Crippen LogP contribution >= 0.6 is 0 Å². The van der Waals surface area contributed by atoms with Crippen LogP contribution in [0.5, 0.6) is 0 Å². The van der Waals surface area contributed by atoms with Gasteiger partial charge in [-0.25, -0.2) is 0 Å². The van der Waals surface area contributed by atoms with Gasteiger partial charge in [0.15, 0.2) is 0 Å². The minimum atomic E-state index is -0.586. The Morgan fingerprint density at radius 2 is 1.76 bits per heavy atom. The average molecular weight is 254 g/mol. The summed E-state index contributed by atoms with van der Waals surface area (Å²) < 4.78 is 11.3. The molecule has 96 valence electrons. The molecule has 0 aromatic heterocycles. The molecule has 1 aliphatic carbocycles. The molecule has 2 aliphatic rings. The summed E-state index contributed by atoms with van der Waals surface area (Å²) in [6.45, 7) is 0. The predicted octanol–water partition coefficient (Wildman–Crippen LogP) is 1.96. The highest BCUT2D eigenvalue weighted by Crippen LogP contribution is 2.24. The van der Waals surface area contributed by atoms with Gasteiger partial charge < -0.3 is 5.32 Å². The fraction of sp³-hybridized carbons (Fsp3) is 0.923. The molecule has 4 heteroatoms. The third-order valence-electron chi connectivity index (χ3n) is 4.02. The molecule has 0 radical (unpaired) electrons. The number of hydrogen-bond donors (Lipinski definition) is 1. The molecule has 2 rings (SSSR count). The van der Waals surface area contributed by atoms with Gasteiger partial charge in [-0.15, -0.1) is 0 Å². The third-order valence-corrected chi connectivity index (χ3v) is 5.40. The zero-order chi connectivity index (χ0) is 12.1. The summed E-state index contributed by atoms with van der Waals surface area (Å²) in [4.78, 5) is 0. The molecule has 0 aromatic carbocycles. The Labute approximate surface area is 106 Å². The van der Waals surface area contributed by atoms with Gasteiger partial charge in [0.25, 0.3) is 0 Å². The molecule has 1 N–H and O–H groups in total. The first-order valence-corrected chi connectivity index (χ1v) is 8.29. The largest absolute Gasteiger partial charge is 0.310 e. The van der Waals surface area contributed by atoms with E-state index in [9.17, 15) is 9.47 Å². The predicted molar refractivity (Wildman–Crippen MR) is 70.0 cm³/mol. The Morgan fingerprint density at radius 3 is 2.47 bits per heavy atom. The van der Waals surface area contributed by atoms with E-state index >= 15 is 0 Å². The highest BCUT2D eigenvalue weighted by atomic mass is 32.2. The lowest BCUT2D eigenvalue weighted by Crippen LogP contribution is -2.45. The van der Waals surface area contributed by atoms with Gasteiger partial charge in [0.1, 0.15) is 0 Å². The van der Waals surface area contributed by atoms with E-state index in [1.54, 1.807) is 0 Å². The minimum absolute atomic E-state index is 0.185. The summed E-state index contributed by atoms with van der Waals surface area (Å²) in [7, 11) is -0.586. The molecule has 2 fully saturated rings. The number of nitriles is 1. The Balaban J connectivity index is 1.87. The molecular formula is C13H22N2OS. The van der Waals surface area contributed by atoms with Gasteiger partial charge in [0, 0.05) is 34.4 Å². The van der Waals surface area contributed by atoms with Crippen LogP contribution in [-0.2, 0) is 10.8 Å². The lowest BCUT2D eigenvalue weighted by Gasteiger charge is -2.29. The lowest BCUT2D eigenvalue weighted by atomic mass is 9.95. The topological polar surface area (TPSA) is 52.9 Å². The number of hydrogen-bond acceptors (Lipinski definition) is 3. The molecule has 0 bridgehead atoms. The molecule has 17 heavy (non-hydrogen) atoms. The Kier molecular flexibility index (Phi) is 4.99. The highest BCUT2D eigenvalue weighted by molar-refractivity contribution is 7.85. The summed E-state index contributed by atoms with van der Waals surface area (Å²) >= 11 is 0. The zero-order valence-corrected chi connectivity index (χ0v) is 11.2. The van der Waals surface area contributed by atoms with Crippen LogP contribution < -0.4 is 5.32 Å². The molecule has 1 aliphatic heterocycles. The maximum Gasteiger partial charge on any atom is 0.0672 e. The van der Waals surface area contributed by atoms with Crippen LogP contribution in [0, 0.1) is 17.2 Å². The second kappa shape index (κ2) is 6.51. The van der Waals surface area contributed by atoms with E-state index in [2.05, 4.69) is 11.4 Å². The van der Waals surface area contributed by atoms with Crippen molar-refractivity contribution in [3.63, 3.8) is 0 Å². The van der Waals surface area contributed by atoms with Crippen molar-refractivity contribution in [2.75, 3.05) is 11.5 Å². The Bertz CT molecular complexity index is 303. The van der Waals surface area contributed by atoms with Crippen LogP contribution in [0.1, 0.15) is 44.9 Å². The van der Waals surface area contributed by atoms with Crippen LogP contribution in [0.15, 0.2) is 0 Å². The van der Waals surface area contributed by atoms with Crippen molar-refractivity contribution in [2.45, 2.75) is 57.0 Å². The van der Waals surface area contributed by atoms with E-state index in [4.69, 9.17) is 0 Å². The summed E-state index contributed by atoms with van der Waals surface area (Å²) in [5.41, 5.74) is 0. The third kappa shape index (κ3) is 3.79. The Morgan fingerprint density at radius 1 is 1.06 bits per heavy atom. The fourth-order valence-corrected chi connectivity index (χ4v) is 4.22. The van der Waals surface area contributed by atoms with E-state index < -0.39 is 10.8 Å². The van der Waals surface area contributed by atoms with Crippen LogP contribution in [-0.4, -0.2) is 27.8 Å². The molecule has 1 heterocycles. The van der Waals surface area contributed by atoms with Crippen LogP contribution in [0.3, 0.4) is 0 Å². The lowest BCUT2D eigenvalue weighted by molar-refractivity contribution is 0.335. The summed E-state index contributed by atoms with van der Waals surface area (Å²) in [5.74, 6) is 1.85. The van der Waals surface area contributed by atoms with E-state index in [-0.39, 0.29) is 5.92 Å². The molecule has 2 unspecified atom stereocenters. The van der Waals surface area contributed by atoms with Gasteiger partial charge in [-0.3, -0.25) is 4.21 Å². The van der Waals surface area contributed by atoms with Crippen LogP contribution in [0.2, 0.25) is 0 Å². The van der Waals surface area contributed by atoms with Gasteiger partial charge in [0.05, 0.1) is 12.0 Å². The first-order valence-electron chi connectivity index (χ1n) is 6.80. The summed E-state index contributed by atoms with van der Waals surface area (Å²) in [6, 6.07) is 3.34. The summed E-state index contributed by atoms with van der Waals surface area (Å²) in [5, 5.41) is 12.9. The van der Waals surface area contributed by atoms with Crippen molar-refractivity contribution < 1.29 is 4.21 Å². The van der Waals surface area contributed by atoms with Crippen molar-refractivity contribution in [1.82, 2.24) is 5.32 Å². The van der Waals surface area contributed by atoms with Crippen LogP contribution in [0.4, 0.5) is 0 Å². The fourth-order valence-electron chi connectivity index (χ4n) is 2.92. The van der Waals surface area contributed by atoms with Crippen molar-refractivity contribution in [2.24, 2.45) is 5.92 Å². The van der Waals surface area contributed by atoms with E-state index in [1.165, 1.54) is 19.3 Å². The van der Waals surface area contributed by atoms with Crippen molar-refractivity contribution in [3.05, 3.63) is 0 Å². The first-order chi connectivity index (χ1) is 8.29. The smallest absolute Gasteiger partial charge is 0.0672 e. The standard InChI is InChI=1S/C13H22N2OS/c14-10-11-4-2-1-3-5-13(11)15-12-6-8-17(16)9-7-12/h11-13,15H,1-9H2. The molecule has 3 nitrogen and oxygen atoms in total. The molecule has 0 aromatic rings. The minimum Gasteiger partial charge on any atom is -0.310 e. The molecule has 1 saturated carbocycles. The van der Waals surface area contributed by atoms with Crippen LogP contribution in [0.25, 0.3) is 0 Å². The van der Waals surface area contributed by atoms with E-state index in [0.29, 0.717) is 12.1 Å². The number of nitrogens with one attached hydrogen (secondary N) is 1. The molecule has 0 spiro atoms. The second-order valence-electron chi connectivity index (χ2n) is 5.27. The SMILES string of the molecule is N#CC1CCCCCC1NC1CCS(=O)CC1. The maximum absolute atomic E-state index is 11.3. The van der Waals surface area contributed by atoms with Gasteiger partial charge in [-0.1, -0.05) is 19.3 Å². The highest BCUT2D eigenvalue weighted by Gasteiger charge is 2.27. The van der Waals surface area contributed by atoms with Gasteiger partial charge in [-0.05, 0) is 25.7 Å². The van der Waals surface area contributed by atoms with Gasteiger partial charge in [-0.2, -0.15) is 5.26 Å². The van der Waals surface area contributed by atoms with Crippen molar-refractivity contribution in [3.8, 4) is 6.07 Å². The monoisotopic (exact) mass is 254 g/mol. The summed E-state index contributed by atoms with van der Waals surface area (Å²) in [6.07, 6.45) is 7.93. The number of nitrogens with zero attached hydrogens (tertiary/aromatic N) is 1. The molecule has 2 atom stereocenters. The number of rotatable bonds is 2. The van der Waals surface area contributed by atoms with Gasteiger partial charge >= 0.3 is 0 Å². The van der Waals surface area contributed by atoms with Crippen molar-refractivity contribution in [1.29, 1.82) is 5.26 Å². The molecular weight excluding hydrogens is 232 g/mol. The normalized spacial score (nSPS) is 39.2. The zero-order valence-electron chi connectivity index (χ0n) is 10.4. The van der Waals surface area contributed by atoms with Gasteiger partial charge in [0.2, 0.25) is 0 Å². The molecule has 1 saturated heterocycles. The average Bonchev–Trinajstić information content (AvgIpc) is 2.57. The molecule has 0 amide bonds. The first kappa shape index (κ1) is 13.0.